The standard InChI is InChI=1S/C54H70N4O2Si/c1-51(2,3)42-24-16-38(17-25-42)46-32-33-47(39-18-26-43(27-19-39)52(4,5)6)56(46)55-58(50(59)60-36-37-61(13,14)15)57-48(40-20-28-44(29-21-40)53(7,8)9)34-35-49(57)41-22-30-45(31-23-41)54(10,11)12/h16-35,55H,36-37H2,1-15H3. The van der Waals surface area contributed by atoms with Crippen molar-refractivity contribution in [2.24, 2.45) is 0 Å². The zero-order chi connectivity index (χ0) is 44.7. The van der Waals surface area contributed by atoms with Gasteiger partial charge in [-0.3, -0.25) is 0 Å². The molecule has 2 aromatic heterocycles. The first-order valence-corrected chi connectivity index (χ1v) is 25.6. The van der Waals surface area contributed by atoms with Crippen molar-refractivity contribution in [3.05, 3.63) is 144 Å². The Kier molecular flexibility index (Phi) is 12.5. The number of hydrogen-bond acceptors (Lipinski definition) is 3. The molecule has 1 amide bonds. The number of nitrogens with one attached hydrogen (secondary N) is 1. The first kappa shape index (κ1) is 45.3. The smallest absolute Gasteiger partial charge is 0.447 e. The van der Waals surface area contributed by atoms with Crippen LogP contribution in [-0.2, 0) is 26.4 Å². The Morgan fingerprint density at radius 2 is 0.754 bits per heavy atom. The zero-order valence-corrected chi connectivity index (χ0v) is 40.6. The van der Waals surface area contributed by atoms with E-state index in [0.717, 1.165) is 51.1 Å². The second kappa shape index (κ2) is 16.9. The van der Waals surface area contributed by atoms with Crippen molar-refractivity contribution in [3.63, 3.8) is 0 Å². The lowest BCUT2D eigenvalue weighted by Crippen LogP contribution is -2.50. The second-order valence-electron chi connectivity index (χ2n) is 22.0. The molecular weight excluding hydrogens is 765 g/mol. The largest absolute Gasteiger partial charge is 0.450 e. The monoisotopic (exact) mass is 835 g/mol. The van der Waals surface area contributed by atoms with E-state index < -0.39 is 14.2 Å². The van der Waals surface area contributed by atoms with Gasteiger partial charge in [0.25, 0.3) is 0 Å². The van der Waals surface area contributed by atoms with E-state index in [1.807, 2.05) is 9.35 Å². The van der Waals surface area contributed by atoms with E-state index in [2.05, 4.69) is 230 Å². The maximum Gasteiger partial charge on any atom is 0.450 e. The number of carbonyl (C=O) groups is 1. The first-order chi connectivity index (χ1) is 28.3. The van der Waals surface area contributed by atoms with Crippen LogP contribution in [0.1, 0.15) is 105 Å². The number of aromatic nitrogens is 2. The van der Waals surface area contributed by atoms with E-state index in [-0.39, 0.29) is 21.7 Å². The summed E-state index contributed by atoms with van der Waals surface area (Å²) in [6.45, 7) is 34.0. The quantitative estimate of drug-likeness (QED) is 0.110. The molecule has 322 valence electrons. The Balaban J connectivity index is 1.59. The van der Waals surface area contributed by atoms with Crippen molar-refractivity contribution >= 4 is 14.2 Å². The number of hydrogen-bond donors (Lipinski definition) is 1. The van der Waals surface area contributed by atoms with Crippen LogP contribution in [0.15, 0.2) is 121 Å². The van der Waals surface area contributed by atoms with E-state index >= 15 is 4.79 Å². The van der Waals surface area contributed by atoms with Gasteiger partial charge in [-0.25, -0.2) is 19.7 Å². The first-order valence-electron chi connectivity index (χ1n) is 21.9. The topological polar surface area (TPSA) is 51.4 Å². The van der Waals surface area contributed by atoms with Gasteiger partial charge < -0.3 is 4.74 Å². The summed E-state index contributed by atoms with van der Waals surface area (Å²) in [5, 5.41) is 1.57. The minimum atomic E-state index is -1.53. The summed E-state index contributed by atoms with van der Waals surface area (Å²) in [5.41, 5.74) is 16.2. The molecule has 0 saturated carbocycles. The Bertz CT molecular complexity index is 2270. The minimum absolute atomic E-state index is 0.00654. The van der Waals surface area contributed by atoms with E-state index in [0.29, 0.717) is 6.61 Å². The van der Waals surface area contributed by atoms with Crippen LogP contribution < -0.4 is 10.7 Å². The molecule has 0 aliphatic rings. The molecule has 6 rings (SSSR count). The van der Waals surface area contributed by atoms with Crippen LogP contribution >= 0.6 is 0 Å². The molecule has 2 heterocycles. The maximum absolute atomic E-state index is 15.0. The highest BCUT2D eigenvalue weighted by atomic mass is 28.3. The lowest BCUT2D eigenvalue weighted by Gasteiger charge is -2.31. The number of hydrazine groups is 1. The van der Waals surface area contributed by atoms with Gasteiger partial charge in [-0.2, -0.15) is 0 Å². The summed E-state index contributed by atoms with van der Waals surface area (Å²) in [4.78, 5) is 15.0. The highest BCUT2D eigenvalue weighted by Gasteiger charge is 2.29. The zero-order valence-electron chi connectivity index (χ0n) is 39.6. The molecule has 0 saturated heterocycles. The number of ether oxygens (including phenoxy) is 1. The molecule has 0 unspecified atom stereocenters. The third kappa shape index (κ3) is 10.6. The fraction of sp³-hybridized carbons (Fsp3) is 0.389. The van der Waals surface area contributed by atoms with Crippen molar-refractivity contribution < 1.29 is 9.53 Å². The molecule has 6 nitrogen and oxygen atoms in total. The second-order valence-corrected chi connectivity index (χ2v) is 27.6. The third-order valence-corrected chi connectivity index (χ3v) is 13.3. The Hall–Kier alpha value is -5.27. The van der Waals surface area contributed by atoms with Crippen LogP contribution in [0.2, 0.25) is 25.7 Å². The van der Waals surface area contributed by atoms with Gasteiger partial charge in [0.2, 0.25) is 0 Å². The third-order valence-electron chi connectivity index (χ3n) is 11.6. The van der Waals surface area contributed by atoms with Gasteiger partial charge in [-0.05, 0) is 74.2 Å². The fourth-order valence-electron chi connectivity index (χ4n) is 7.41. The number of amides is 1. The maximum atomic E-state index is 15.0. The normalized spacial score (nSPS) is 12.7. The number of carbonyl (C=O) groups excluding carboxylic acids is 1. The summed E-state index contributed by atoms with van der Waals surface area (Å²) < 4.78 is 10.3. The molecule has 7 heteroatoms. The molecule has 0 bridgehead atoms. The summed E-state index contributed by atoms with van der Waals surface area (Å²) in [5.74, 6) is 0. The van der Waals surface area contributed by atoms with Gasteiger partial charge >= 0.3 is 6.09 Å². The van der Waals surface area contributed by atoms with Gasteiger partial charge in [0.1, 0.15) is 0 Å². The summed E-state index contributed by atoms with van der Waals surface area (Å²) in [6.07, 6.45) is -0.494. The number of rotatable bonds is 10. The molecule has 0 radical (unpaired) electrons. The molecule has 0 atom stereocenters. The number of benzene rings is 4. The number of nitrogens with zero attached hydrogens (tertiary/aromatic N) is 3. The van der Waals surface area contributed by atoms with Crippen molar-refractivity contribution in [2.75, 3.05) is 17.3 Å². The molecular formula is C54H70N4O2Si. The average Bonchev–Trinajstić information content (AvgIpc) is 3.80. The van der Waals surface area contributed by atoms with Crippen molar-refractivity contribution in [1.82, 2.24) is 9.35 Å². The van der Waals surface area contributed by atoms with Crippen LogP contribution in [-0.4, -0.2) is 30.1 Å². The van der Waals surface area contributed by atoms with Crippen molar-refractivity contribution in [2.45, 2.75) is 130 Å². The molecule has 4 aromatic carbocycles. The molecule has 0 aliphatic carbocycles. The Morgan fingerprint density at radius 1 is 0.475 bits per heavy atom. The lowest BCUT2D eigenvalue weighted by molar-refractivity contribution is 0.153. The molecule has 0 fully saturated rings. The highest BCUT2D eigenvalue weighted by molar-refractivity contribution is 6.76. The van der Waals surface area contributed by atoms with Crippen LogP contribution in [0.4, 0.5) is 4.79 Å². The van der Waals surface area contributed by atoms with Crippen LogP contribution in [0, 0.1) is 0 Å². The SMILES string of the molecule is CC(C)(C)c1ccc(-c2ccc(-c3ccc(C(C)(C)C)cc3)n2NN(C(=O)OCC[Si](C)(C)C)n2c(-c3ccc(C(C)(C)C)cc3)ccc2-c2ccc(C(C)(C)C)cc2)cc1. The van der Waals surface area contributed by atoms with Gasteiger partial charge in [-0.1, -0.05) is 200 Å². The Labute approximate surface area is 367 Å². The Morgan fingerprint density at radius 3 is 1.03 bits per heavy atom. The van der Waals surface area contributed by atoms with E-state index in [9.17, 15) is 0 Å². The van der Waals surface area contributed by atoms with Gasteiger partial charge in [0.05, 0.1) is 29.4 Å². The van der Waals surface area contributed by atoms with E-state index in [1.54, 1.807) is 5.12 Å². The van der Waals surface area contributed by atoms with Crippen LogP contribution in [0.5, 0.6) is 0 Å². The van der Waals surface area contributed by atoms with Crippen molar-refractivity contribution in [3.8, 4) is 45.0 Å². The molecule has 1 N–H and O–H groups in total. The summed E-state index contributed by atoms with van der Waals surface area (Å²) in [7, 11) is -1.53. The average molecular weight is 835 g/mol. The summed E-state index contributed by atoms with van der Waals surface area (Å²) in [6, 6.07) is 44.3. The van der Waals surface area contributed by atoms with Crippen LogP contribution in [0.25, 0.3) is 45.0 Å². The predicted octanol–water partition coefficient (Wildman–Crippen LogP) is 14.7. The highest BCUT2D eigenvalue weighted by Crippen LogP contribution is 2.36. The fourth-order valence-corrected chi connectivity index (χ4v) is 8.12. The van der Waals surface area contributed by atoms with Crippen molar-refractivity contribution in [1.29, 1.82) is 0 Å². The van der Waals surface area contributed by atoms with Crippen LogP contribution in [0.3, 0.4) is 0 Å². The summed E-state index contributed by atoms with van der Waals surface area (Å²) >= 11 is 0. The predicted molar refractivity (Wildman–Crippen MR) is 262 cm³/mol. The molecule has 6 aromatic rings. The molecule has 0 aliphatic heterocycles. The van der Waals surface area contributed by atoms with Gasteiger partial charge in [0, 0.05) is 30.3 Å². The van der Waals surface area contributed by atoms with Gasteiger partial charge in [-0.15, -0.1) is 5.12 Å². The van der Waals surface area contributed by atoms with E-state index in [4.69, 9.17) is 4.74 Å². The van der Waals surface area contributed by atoms with Gasteiger partial charge in [0.15, 0.2) is 0 Å². The molecule has 61 heavy (non-hydrogen) atoms. The molecule has 0 spiro atoms. The lowest BCUT2D eigenvalue weighted by atomic mass is 9.86. The van der Waals surface area contributed by atoms with E-state index in [1.165, 1.54) is 22.3 Å². The minimum Gasteiger partial charge on any atom is -0.447 e.